The number of nitrogens with one attached hydrogen (secondary N) is 2. The van der Waals surface area contributed by atoms with Crippen LogP contribution in [-0.2, 0) is 14.8 Å². The van der Waals surface area contributed by atoms with Crippen LogP contribution < -0.4 is 14.9 Å². The van der Waals surface area contributed by atoms with Crippen molar-refractivity contribution in [3.63, 3.8) is 0 Å². The summed E-state index contributed by atoms with van der Waals surface area (Å²) in [7, 11) is -3.77. The van der Waals surface area contributed by atoms with Crippen molar-refractivity contribution >= 4 is 44.8 Å². The summed E-state index contributed by atoms with van der Waals surface area (Å²) in [4.78, 5) is 25.8. The van der Waals surface area contributed by atoms with Crippen LogP contribution >= 0.6 is 11.6 Å². The van der Waals surface area contributed by atoms with E-state index in [2.05, 4.69) is 10.6 Å². The highest BCUT2D eigenvalue weighted by molar-refractivity contribution is 7.92. The molecule has 0 heterocycles. The number of aryl methyl sites for hydroxylation is 1. The Bertz CT molecular complexity index is 1300. The number of hydrogen-bond donors (Lipinski definition) is 2. The van der Waals surface area contributed by atoms with Gasteiger partial charge in [0.15, 0.2) is 0 Å². The Morgan fingerprint density at radius 2 is 1.65 bits per heavy atom. The number of hydrogen-bond acceptors (Lipinski definition) is 4. The first-order chi connectivity index (χ1) is 16.1. The molecule has 7 nitrogen and oxygen atoms in total. The predicted octanol–water partition coefficient (Wildman–Crippen LogP) is 4.54. The summed E-state index contributed by atoms with van der Waals surface area (Å²) in [6, 6.07) is 20.6. The number of amides is 2. The Labute approximate surface area is 204 Å². The van der Waals surface area contributed by atoms with Crippen LogP contribution in [-0.4, -0.2) is 33.0 Å². The van der Waals surface area contributed by atoms with Crippen molar-refractivity contribution in [3.05, 3.63) is 94.5 Å². The van der Waals surface area contributed by atoms with E-state index in [-0.39, 0.29) is 28.9 Å². The van der Waals surface area contributed by atoms with Crippen molar-refractivity contribution in [2.45, 2.75) is 19.9 Å². The van der Waals surface area contributed by atoms with Gasteiger partial charge in [0.1, 0.15) is 6.54 Å². The van der Waals surface area contributed by atoms with Gasteiger partial charge in [0.2, 0.25) is 15.9 Å². The van der Waals surface area contributed by atoms with Crippen molar-refractivity contribution in [2.24, 2.45) is 0 Å². The maximum atomic E-state index is 12.9. The summed E-state index contributed by atoms with van der Waals surface area (Å²) in [5.74, 6) is -0.962. The third kappa shape index (κ3) is 6.36. The molecule has 1 atom stereocenters. The Kier molecular flexibility index (Phi) is 7.96. The molecule has 3 rings (SSSR count). The molecule has 178 valence electrons. The first-order valence-electron chi connectivity index (χ1n) is 10.5. The van der Waals surface area contributed by atoms with Gasteiger partial charge in [-0.15, -0.1) is 0 Å². The van der Waals surface area contributed by atoms with Crippen LogP contribution in [0.1, 0.15) is 34.5 Å². The van der Waals surface area contributed by atoms with E-state index < -0.39 is 22.5 Å². The van der Waals surface area contributed by atoms with E-state index in [1.54, 1.807) is 43.3 Å². The van der Waals surface area contributed by atoms with Crippen molar-refractivity contribution in [2.75, 3.05) is 22.4 Å². The van der Waals surface area contributed by atoms with Gasteiger partial charge in [-0.2, -0.15) is 0 Å². The van der Waals surface area contributed by atoms with E-state index in [4.69, 9.17) is 11.6 Å². The van der Waals surface area contributed by atoms with Crippen molar-refractivity contribution in [1.29, 1.82) is 0 Å². The molecule has 0 aliphatic rings. The molecule has 2 N–H and O–H groups in total. The van der Waals surface area contributed by atoms with E-state index in [0.717, 1.165) is 21.7 Å². The minimum Gasteiger partial charge on any atom is -0.345 e. The van der Waals surface area contributed by atoms with Crippen LogP contribution in [0.3, 0.4) is 0 Å². The molecule has 0 spiro atoms. The molecule has 3 aromatic carbocycles. The third-order valence-electron chi connectivity index (χ3n) is 5.22. The topological polar surface area (TPSA) is 95.6 Å². The molecule has 0 unspecified atom stereocenters. The van der Waals surface area contributed by atoms with Gasteiger partial charge >= 0.3 is 0 Å². The van der Waals surface area contributed by atoms with Gasteiger partial charge in [-0.3, -0.25) is 13.9 Å². The number of nitrogens with zero attached hydrogens (tertiary/aromatic N) is 1. The first kappa shape index (κ1) is 25.3. The van der Waals surface area contributed by atoms with Crippen LogP contribution in [0.5, 0.6) is 0 Å². The number of carbonyl (C=O) groups is 2. The number of halogens is 1. The summed E-state index contributed by atoms with van der Waals surface area (Å²) in [5.41, 5.74) is 2.55. The highest BCUT2D eigenvalue weighted by atomic mass is 35.5. The lowest BCUT2D eigenvalue weighted by Gasteiger charge is -2.23. The normalized spacial score (nSPS) is 12.0. The zero-order chi connectivity index (χ0) is 24.9. The molecule has 34 heavy (non-hydrogen) atoms. The van der Waals surface area contributed by atoms with Crippen molar-refractivity contribution in [1.82, 2.24) is 5.32 Å². The second-order valence-electron chi connectivity index (χ2n) is 7.90. The Morgan fingerprint density at radius 1 is 1.00 bits per heavy atom. The molecule has 0 saturated carbocycles. The lowest BCUT2D eigenvalue weighted by molar-refractivity contribution is -0.114. The monoisotopic (exact) mass is 499 g/mol. The number of para-hydroxylation sites is 1. The molecule has 0 radical (unpaired) electrons. The summed E-state index contributed by atoms with van der Waals surface area (Å²) < 4.78 is 25.7. The molecule has 0 aromatic heterocycles. The maximum Gasteiger partial charge on any atom is 0.253 e. The number of carbonyl (C=O) groups excluding carboxylic acids is 2. The summed E-state index contributed by atoms with van der Waals surface area (Å²) >= 11 is 6.15. The summed E-state index contributed by atoms with van der Waals surface area (Å²) in [6.45, 7) is 3.18. The molecule has 0 aliphatic heterocycles. The Morgan fingerprint density at radius 3 is 2.29 bits per heavy atom. The zero-order valence-electron chi connectivity index (χ0n) is 19.1. The van der Waals surface area contributed by atoms with Crippen molar-refractivity contribution < 1.29 is 18.0 Å². The number of benzene rings is 3. The van der Waals surface area contributed by atoms with Crippen molar-refractivity contribution in [3.8, 4) is 0 Å². The van der Waals surface area contributed by atoms with Gasteiger partial charge in [-0.05, 0) is 49.2 Å². The largest absolute Gasteiger partial charge is 0.345 e. The lowest BCUT2D eigenvalue weighted by atomic mass is 10.1. The molecule has 0 fully saturated rings. The van der Waals surface area contributed by atoms with Crippen LogP contribution in [0, 0.1) is 6.92 Å². The highest BCUT2D eigenvalue weighted by Gasteiger charge is 2.23. The van der Waals surface area contributed by atoms with Crippen LogP contribution in [0.2, 0.25) is 5.02 Å². The minimum absolute atomic E-state index is 0.246. The Balaban J connectivity index is 1.78. The first-order valence-corrected chi connectivity index (χ1v) is 12.8. The van der Waals surface area contributed by atoms with Gasteiger partial charge in [-0.25, -0.2) is 8.42 Å². The van der Waals surface area contributed by atoms with Crippen LogP contribution in [0.4, 0.5) is 11.4 Å². The van der Waals surface area contributed by atoms with Gasteiger partial charge in [0, 0.05) is 5.02 Å². The molecule has 9 heteroatoms. The smallest absolute Gasteiger partial charge is 0.253 e. The maximum absolute atomic E-state index is 12.9. The average Bonchev–Trinajstić information content (AvgIpc) is 2.79. The number of rotatable bonds is 8. The SMILES string of the molecule is Cc1ccc(N(CC(=O)Nc2ccccc2C(=O)N[C@H](C)c2ccccc2)S(C)(=O)=O)cc1Cl. The fraction of sp³-hybridized carbons (Fsp3) is 0.200. The average molecular weight is 500 g/mol. The fourth-order valence-electron chi connectivity index (χ4n) is 3.35. The highest BCUT2D eigenvalue weighted by Crippen LogP contribution is 2.25. The number of anilines is 2. The van der Waals surface area contributed by atoms with E-state index >= 15 is 0 Å². The predicted molar refractivity (Wildman–Crippen MR) is 136 cm³/mol. The standard InChI is InChI=1S/C25H26ClN3O4S/c1-17-13-14-20(15-22(17)26)29(34(3,32)33)16-24(30)28-23-12-8-7-11-21(23)25(31)27-18(2)19-9-5-4-6-10-19/h4-15,18H,16H2,1-3H3,(H,27,31)(H,28,30)/t18-/m1/s1. The quantitative estimate of drug-likeness (QED) is 0.475. The van der Waals surface area contributed by atoms with E-state index in [9.17, 15) is 18.0 Å². The van der Waals surface area contributed by atoms with Gasteiger partial charge in [-0.1, -0.05) is 60.1 Å². The molecular weight excluding hydrogens is 474 g/mol. The molecule has 2 amide bonds. The molecule has 3 aromatic rings. The Hall–Kier alpha value is -3.36. The minimum atomic E-state index is -3.77. The van der Waals surface area contributed by atoms with Crippen LogP contribution in [0.25, 0.3) is 0 Å². The second kappa shape index (κ2) is 10.7. The fourth-order valence-corrected chi connectivity index (χ4v) is 4.37. The van der Waals surface area contributed by atoms with E-state index in [1.165, 1.54) is 6.07 Å². The second-order valence-corrected chi connectivity index (χ2v) is 10.2. The summed E-state index contributed by atoms with van der Waals surface area (Å²) in [6.07, 6.45) is 1.01. The molecular formula is C25H26ClN3O4S. The molecule has 0 bridgehead atoms. The van der Waals surface area contributed by atoms with Gasteiger partial charge in [0.25, 0.3) is 5.91 Å². The van der Waals surface area contributed by atoms with Gasteiger partial charge < -0.3 is 10.6 Å². The zero-order valence-corrected chi connectivity index (χ0v) is 20.7. The lowest BCUT2D eigenvalue weighted by Crippen LogP contribution is -2.37. The van der Waals surface area contributed by atoms with Gasteiger partial charge in [0.05, 0.1) is 29.2 Å². The molecule has 0 saturated heterocycles. The third-order valence-corrected chi connectivity index (χ3v) is 6.77. The summed E-state index contributed by atoms with van der Waals surface area (Å²) in [5, 5.41) is 5.97. The molecule has 0 aliphatic carbocycles. The van der Waals surface area contributed by atoms with E-state index in [0.29, 0.717) is 5.02 Å². The number of sulfonamides is 1. The van der Waals surface area contributed by atoms with E-state index in [1.807, 2.05) is 37.3 Å². The van der Waals surface area contributed by atoms with Crippen LogP contribution in [0.15, 0.2) is 72.8 Å².